The lowest BCUT2D eigenvalue weighted by Gasteiger charge is -2.03. The minimum Gasteiger partial charge on any atom is -0.385 e. The molecule has 0 fully saturated rings. The van der Waals surface area contributed by atoms with Crippen molar-refractivity contribution in [2.24, 2.45) is 0 Å². The SMILES string of the molecule is CCCCCn1cc(C#N)cc1N. The van der Waals surface area contributed by atoms with E-state index in [1.165, 1.54) is 12.8 Å². The van der Waals surface area contributed by atoms with Crippen LogP contribution in [0.2, 0.25) is 0 Å². The van der Waals surface area contributed by atoms with Crippen molar-refractivity contribution in [1.82, 2.24) is 4.57 Å². The Morgan fingerprint density at radius 3 is 2.85 bits per heavy atom. The van der Waals surface area contributed by atoms with Crippen molar-refractivity contribution < 1.29 is 0 Å². The number of nitrogens with zero attached hydrogens (tertiary/aromatic N) is 2. The van der Waals surface area contributed by atoms with Crippen LogP contribution >= 0.6 is 0 Å². The summed E-state index contributed by atoms with van der Waals surface area (Å²) in [4.78, 5) is 0. The van der Waals surface area contributed by atoms with Gasteiger partial charge >= 0.3 is 0 Å². The number of rotatable bonds is 4. The molecule has 0 saturated heterocycles. The van der Waals surface area contributed by atoms with Gasteiger partial charge < -0.3 is 10.3 Å². The van der Waals surface area contributed by atoms with Gasteiger partial charge in [0.1, 0.15) is 11.9 Å². The third-order valence-electron chi connectivity index (χ3n) is 2.06. The molecule has 70 valence electrons. The number of aryl methyl sites for hydroxylation is 1. The molecule has 1 heterocycles. The molecule has 2 N–H and O–H groups in total. The quantitative estimate of drug-likeness (QED) is 0.716. The summed E-state index contributed by atoms with van der Waals surface area (Å²) in [5.41, 5.74) is 6.36. The highest BCUT2D eigenvalue weighted by Gasteiger charge is 2.00. The average molecular weight is 177 g/mol. The predicted molar refractivity (Wildman–Crippen MR) is 53.1 cm³/mol. The van der Waals surface area contributed by atoms with Crippen molar-refractivity contribution in [3.8, 4) is 6.07 Å². The Hall–Kier alpha value is -1.43. The number of aromatic nitrogens is 1. The highest BCUT2D eigenvalue weighted by atomic mass is 15.0. The molecule has 0 saturated carbocycles. The summed E-state index contributed by atoms with van der Waals surface area (Å²) in [6.45, 7) is 3.08. The summed E-state index contributed by atoms with van der Waals surface area (Å²) in [5, 5.41) is 8.63. The number of nitrogens with two attached hydrogens (primary N) is 1. The zero-order valence-corrected chi connectivity index (χ0v) is 7.95. The van der Waals surface area contributed by atoms with Crippen LogP contribution in [0.1, 0.15) is 31.7 Å². The van der Waals surface area contributed by atoms with Gasteiger partial charge in [-0.1, -0.05) is 19.8 Å². The van der Waals surface area contributed by atoms with E-state index in [2.05, 4.69) is 13.0 Å². The fourth-order valence-corrected chi connectivity index (χ4v) is 1.31. The van der Waals surface area contributed by atoms with Crippen molar-refractivity contribution >= 4 is 5.82 Å². The minimum absolute atomic E-state index is 0.647. The summed E-state index contributed by atoms with van der Waals surface area (Å²) in [6, 6.07) is 3.79. The van der Waals surface area contributed by atoms with E-state index in [-0.39, 0.29) is 0 Å². The van der Waals surface area contributed by atoms with Crippen molar-refractivity contribution in [1.29, 1.82) is 5.26 Å². The van der Waals surface area contributed by atoms with Gasteiger partial charge in [-0.2, -0.15) is 5.26 Å². The van der Waals surface area contributed by atoms with Gasteiger partial charge in [-0.05, 0) is 12.5 Å². The molecule has 0 radical (unpaired) electrons. The molecule has 0 amide bonds. The third-order valence-corrected chi connectivity index (χ3v) is 2.06. The second-order valence-electron chi connectivity index (χ2n) is 3.17. The monoisotopic (exact) mass is 177 g/mol. The Morgan fingerprint density at radius 2 is 2.31 bits per heavy atom. The van der Waals surface area contributed by atoms with Crippen LogP contribution in [-0.4, -0.2) is 4.57 Å². The molecule has 0 spiro atoms. The highest BCUT2D eigenvalue weighted by molar-refractivity contribution is 5.41. The largest absolute Gasteiger partial charge is 0.385 e. The summed E-state index contributed by atoms with van der Waals surface area (Å²) in [6.07, 6.45) is 5.34. The van der Waals surface area contributed by atoms with Crippen LogP contribution in [0.3, 0.4) is 0 Å². The average Bonchev–Trinajstić information content (AvgIpc) is 2.48. The van der Waals surface area contributed by atoms with Gasteiger partial charge in [0.05, 0.1) is 5.56 Å². The molecule has 0 bridgehead atoms. The molecule has 0 atom stereocenters. The maximum absolute atomic E-state index is 8.63. The number of unbranched alkanes of at least 4 members (excludes halogenated alkanes) is 2. The normalized spacial score (nSPS) is 9.85. The van der Waals surface area contributed by atoms with E-state index in [4.69, 9.17) is 11.0 Å². The molecule has 0 aliphatic heterocycles. The number of hydrogen-bond acceptors (Lipinski definition) is 2. The van der Waals surface area contributed by atoms with Gasteiger partial charge in [0.15, 0.2) is 0 Å². The van der Waals surface area contributed by atoms with E-state index in [0.717, 1.165) is 13.0 Å². The molecular formula is C10H15N3. The zero-order valence-electron chi connectivity index (χ0n) is 7.95. The summed E-state index contributed by atoms with van der Waals surface area (Å²) >= 11 is 0. The molecule has 0 aromatic carbocycles. The van der Waals surface area contributed by atoms with Crippen LogP contribution < -0.4 is 5.73 Å². The van der Waals surface area contributed by atoms with Crippen molar-refractivity contribution in [2.75, 3.05) is 5.73 Å². The summed E-state index contributed by atoms with van der Waals surface area (Å²) in [7, 11) is 0. The zero-order chi connectivity index (χ0) is 9.68. The van der Waals surface area contributed by atoms with E-state index in [9.17, 15) is 0 Å². The highest BCUT2D eigenvalue weighted by Crippen LogP contribution is 2.11. The van der Waals surface area contributed by atoms with Crippen molar-refractivity contribution in [3.63, 3.8) is 0 Å². The Bertz CT molecular complexity index is 306. The van der Waals surface area contributed by atoms with Gasteiger partial charge in [-0.3, -0.25) is 0 Å². The molecule has 3 nitrogen and oxygen atoms in total. The molecule has 1 aromatic heterocycles. The van der Waals surface area contributed by atoms with Crippen molar-refractivity contribution in [2.45, 2.75) is 32.7 Å². The lowest BCUT2D eigenvalue weighted by atomic mass is 10.2. The number of anilines is 1. The first kappa shape index (κ1) is 9.66. The fraction of sp³-hybridized carbons (Fsp3) is 0.500. The topological polar surface area (TPSA) is 54.7 Å². The fourth-order valence-electron chi connectivity index (χ4n) is 1.31. The molecule has 0 aliphatic carbocycles. The lowest BCUT2D eigenvalue weighted by molar-refractivity contribution is 0.609. The Labute approximate surface area is 78.8 Å². The number of nitriles is 1. The van der Waals surface area contributed by atoms with Crippen LogP contribution in [0.4, 0.5) is 5.82 Å². The van der Waals surface area contributed by atoms with Gasteiger partial charge in [-0.15, -0.1) is 0 Å². The lowest BCUT2D eigenvalue weighted by Crippen LogP contribution is -2.00. The molecule has 3 heteroatoms. The van der Waals surface area contributed by atoms with E-state index >= 15 is 0 Å². The van der Waals surface area contributed by atoms with Gasteiger partial charge in [-0.25, -0.2) is 0 Å². The summed E-state index contributed by atoms with van der Waals surface area (Å²) in [5.74, 6) is 0.688. The maximum Gasteiger partial charge on any atom is 0.104 e. The Kier molecular flexibility index (Phi) is 3.39. The molecule has 0 unspecified atom stereocenters. The van der Waals surface area contributed by atoms with Crippen LogP contribution in [0, 0.1) is 11.3 Å². The maximum atomic E-state index is 8.63. The first-order chi connectivity index (χ1) is 6.27. The third kappa shape index (κ3) is 2.51. The number of hydrogen-bond donors (Lipinski definition) is 1. The predicted octanol–water partition coefficient (Wildman–Crippen LogP) is 2.13. The van der Waals surface area contributed by atoms with E-state index in [1.807, 2.05) is 10.8 Å². The molecular weight excluding hydrogens is 162 g/mol. The molecule has 13 heavy (non-hydrogen) atoms. The first-order valence-corrected chi connectivity index (χ1v) is 4.63. The molecule has 1 rings (SSSR count). The number of nitrogen functional groups attached to an aromatic ring is 1. The van der Waals surface area contributed by atoms with Crippen LogP contribution in [0.15, 0.2) is 12.3 Å². The van der Waals surface area contributed by atoms with Crippen molar-refractivity contribution in [3.05, 3.63) is 17.8 Å². The van der Waals surface area contributed by atoms with E-state index in [1.54, 1.807) is 6.07 Å². The van der Waals surface area contributed by atoms with Gasteiger partial charge in [0.25, 0.3) is 0 Å². The van der Waals surface area contributed by atoms with E-state index in [0.29, 0.717) is 11.4 Å². The first-order valence-electron chi connectivity index (χ1n) is 4.63. The second kappa shape index (κ2) is 4.56. The molecule has 0 aliphatic rings. The Morgan fingerprint density at radius 1 is 1.54 bits per heavy atom. The van der Waals surface area contributed by atoms with Crippen LogP contribution in [-0.2, 0) is 6.54 Å². The molecule has 1 aromatic rings. The van der Waals surface area contributed by atoms with E-state index < -0.39 is 0 Å². The van der Waals surface area contributed by atoms with Gasteiger partial charge in [0, 0.05) is 12.7 Å². The smallest absolute Gasteiger partial charge is 0.104 e. The second-order valence-corrected chi connectivity index (χ2v) is 3.17. The van der Waals surface area contributed by atoms with Crippen LogP contribution in [0.5, 0.6) is 0 Å². The minimum atomic E-state index is 0.647. The van der Waals surface area contributed by atoms with Gasteiger partial charge in [0.2, 0.25) is 0 Å². The summed E-state index contributed by atoms with van der Waals surface area (Å²) < 4.78 is 1.94. The standard InChI is InChI=1S/C10H15N3/c1-2-3-4-5-13-8-9(7-11)6-10(13)12/h6,8H,2-5,12H2,1H3. The Balaban J connectivity index is 2.56. The van der Waals surface area contributed by atoms with Crippen LogP contribution in [0.25, 0.3) is 0 Å².